The monoisotopic (exact) mass is 751 g/mol. The maximum Gasteiger partial charge on any atom is 6.00 e. The van der Waals surface area contributed by atoms with E-state index in [0.717, 1.165) is 44.6 Å². The van der Waals surface area contributed by atoms with E-state index in [0.29, 0.717) is 0 Å². The van der Waals surface area contributed by atoms with Crippen molar-refractivity contribution >= 4 is 21.8 Å². The third-order valence-corrected chi connectivity index (χ3v) is 6.97. The molecular weight excluding hydrogens is 714 g/mol. The van der Waals surface area contributed by atoms with Crippen LogP contribution in [-0.2, 0) is 30.6 Å². The fraction of sp³-hybridized carbons (Fsp3) is 0.222. The molecule has 0 aliphatic rings. The van der Waals surface area contributed by atoms with Crippen LogP contribution in [0.25, 0.3) is 44.6 Å². The summed E-state index contributed by atoms with van der Waals surface area (Å²) in [7, 11) is 0. The Morgan fingerprint density at radius 3 is 1.21 bits per heavy atom. The molecule has 0 aliphatic carbocycles. The van der Waals surface area contributed by atoms with Crippen LogP contribution in [0.5, 0.6) is 0 Å². The van der Waals surface area contributed by atoms with Crippen LogP contribution in [0.2, 0.25) is 0 Å². The number of pyridine rings is 4. The quantitative estimate of drug-likeness (QED) is 0.212. The Kier molecular flexibility index (Phi) is 10.7. The number of hydrogen-bond acceptors (Lipinski definition) is 4. The van der Waals surface area contributed by atoms with Gasteiger partial charge in [0.25, 0.3) is 0 Å². The SMILES string of the molecule is CC(C)(C)c1ccnc(-c2cc(C(C)(C)C)ccn2)c1.[Cl-].[Os+6].c1ccc2nc(-c3ccc4ccccc4n3)ccc2c1. The number of hydrogen-bond donors (Lipinski definition) is 0. The van der Waals surface area contributed by atoms with Crippen molar-refractivity contribution in [3.05, 3.63) is 121 Å². The Bertz CT molecular complexity index is 1660. The molecule has 0 N–H and O–H groups in total. The predicted octanol–water partition coefficient (Wildman–Crippen LogP) is 6.19. The zero-order chi connectivity index (χ0) is 28.3. The molecule has 0 unspecified atom stereocenters. The van der Waals surface area contributed by atoms with Gasteiger partial charge >= 0.3 is 19.8 Å². The average molecular weight is 750 g/mol. The summed E-state index contributed by atoms with van der Waals surface area (Å²) in [6, 6.07) is 33.0. The minimum Gasteiger partial charge on any atom is -1.00 e. The minimum atomic E-state index is 0. The first kappa shape index (κ1) is 33.0. The summed E-state index contributed by atoms with van der Waals surface area (Å²) in [5.74, 6) is 0. The maximum absolute atomic E-state index is 4.69. The molecule has 4 nitrogen and oxygen atoms in total. The Labute approximate surface area is 268 Å². The molecule has 4 heterocycles. The number of nitrogens with zero attached hydrogens (tertiary/aromatic N) is 4. The summed E-state index contributed by atoms with van der Waals surface area (Å²) in [6.45, 7) is 13.3. The van der Waals surface area contributed by atoms with Crippen LogP contribution in [0.15, 0.2) is 109 Å². The molecule has 0 spiro atoms. The molecule has 2 aromatic carbocycles. The van der Waals surface area contributed by atoms with E-state index in [4.69, 9.17) is 0 Å². The van der Waals surface area contributed by atoms with Crippen molar-refractivity contribution in [3.63, 3.8) is 0 Å². The number of aromatic nitrogens is 4. The van der Waals surface area contributed by atoms with E-state index in [1.165, 1.54) is 11.1 Å². The van der Waals surface area contributed by atoms with Crippen molar-refractivity contribution < 1.29 is 32.2 Å². The molecule has 0 aliphatic heterocycles. The van der Waals surface area contributed by atoms with E-state index in [2.05, 4.69) is 110 Å². The van der Waals surface area contributed by atoms with Gasteiger partial charge in [0.1, 0.15) is 0 Å². The second kappa shape index (κ2) is 13.6. The van der Waals surface area contributed by atoms with Gasteiger partial charge in [0.2, 0.25) is 0 Å². The van der Waals surface area contributed by atoms with Crippen molar-refractivity contribution in [2.75, 3.05) is 0 Å². The largest absolute Gasteiger partial charge is 6.00 e. The van der Waals surface area contributed by atoms with Crippen LogP contribution in [0.3, 0.4) is 0 Å². The predicted molar refractivity (Wildman–Crippen MR) is 167 cm³/mol. The Morgan fingerprint density at radius 2 is 0.833 bits per heavy atom. The summed E-state index contributed by atoms with van der Waals surface area (Å²) in [5.41, 5.74) is 8.53. The van der Waals surface area contributed by atoms with Gasteiger partial charge in [-0.25, -0.2) is 9.97 Å². The summed E-state index contributed by atoms with van der Waals surface area (Å²) in [6.07, 6.45) is 3.75. The molecule has 4 aromatic heterocycles. The van der Waals surface area contributed by atoms with Crippen LogP contribution in [0.1, 0.15) is 52.7 Å². The van der Waals surface area contributed by atoms with Crippen molar-refractivity contribution in [1.82, 2.24) is 19.9 Å². The summed E-state index contributed by atoms with van der Waals surface area (Å²) >= 11 is 0. The number of fused-ring (bicyclic) bond motifs is 2. The fourth-order valence-electron chi connectivity index (χ4n) is 4.49. The van der Waals surface area contributed by atoms with Crippen molar-refractivity contribution in [2.24, 2.45) is 0 Å². The molecule has 0 fully saturated rings. The Balaban J connectivity index is 0.000000220. The molecule has 0 bridgehead atoms. The first-order chi connectivity index (χ1) is 19.1. The maximum atomic E-state index is 4.69. The molecule has 42 heavy (non-hydrogen) atoms. The standard InChI is InChI=1S/C18H12N2.C18H24N2.ClH.Os/c1-3-7-15-13(5-1)9-11-17(19-15)18-12-10-14-6-2-4-8-16(14)20-18;1-17(2,3)13-7-9-19-15(11-13)16-12-14(8-10-20-16)18(4,5)6;;/h1-12H;7-12H,1-6H3;1H;/q;;;+6/p-1. The molecule has 6 rings (SSSR count). The van der Waals surface area contributed by atoms with Gasteiger partial charge in [-0.15, -0.1) is 0 Å². The van der Waals surface area contributed by atoms with Crippen LogP contribution in [0, 0.1) is 0 Å². The first-order valence-electron chi connectivity index (χ1n) is 13.7. The van der Waals surface area contributed by atoms with Crippen LogP contribution in [-0.4, -0.2) is 19.9 Å². The number of halogens is 1. The normalized spacial score (nSPS) is 11.2. The third kappa shape index (κ3) is 7.85. The zero-order valence-electron chi connectivity index (χ0n) is 24.9. The molecule has 6 heteroatoms. The average Bonchev–Trinajstić information content (AvgIpc) is 2.96. The topological polar surface area (TPSA) is 51.6 Å². The first-order valence-corrected chi connectivity index (χ1v) is 13.7. The van der Waals surface area contributed by atoms with E-state index in [-0.39, 0.29) is 43.0 Å². The molecule has 0 atom stereocenters. The second-order valence-electron chi connectivity index (χ2n) is 12.1. The van der Waals surface area contributed by atoms with Gasteiger partial charge in [0, 0.05) is 23.2 Å². The molecule has 0 saturated carbocycles. The van der Waals surface area contributed by atoms with Crippen molar-refractivity contribution in [2.45, 2.75) is 52.4 Å². The van der Waals surface area contributed by atoms with Gasteiger partial charge < -0.3 is 12.4 Å². The number of rotatable bonds is 2. The molecule has 0 saturated heterocycles. The van der Waals surface area contributed by atoms with E-state index >= 15 is 0 Å². The number of para-hydroxylation sites is 2. The number of benzene rings is 2. The fourth-order valence-corrected chi connectivity index (χ4v) is 4.49. The van der Waals surface area contributed by atoms with E-state index in [1.54, 1.807) is 0 Å². The van der Waals surface area contributed by atoms with Gasteiger partial charge in [-0.05, 0) is 70.5 Å². The van der Waals surface area contributed by atoms with Crippen molar-refractivity contribution in [1.29, 1.82) is 0 Å². The van der Waals surface area contributed by atoms with Gasteiger partial charge in [-0.3, -0.25) is 9.97 Å². The second-order valence-corrected chi connectivity index (χ2v) is 12.1. The van der Waals surface area contributed by atoms with Crippen LogP contribution >= 0.6 is 0 Å². The van der Waals surface area contributed by atoms with Crippen LogP contribution < -0.4 is 12.4 Å². The van der Waals surface area contributed by atoms with Gasteiger partial charge in [-0.1, -0.05) is 90.1 Å². The van der Waals surface area contributed by atoms with Gasteiger partial charge in [0.05, 0.1) is 33.8 Å². The molecule has 210 valence electrons. The Hall–Kier alpha value is -3.51. The van der Waals surface area contributed by atoms with E-state index < -0.39 is 0 Å². The zero-order valence-corrected chi connectivity index (χ0v) is 28.2. The molecular formula is C36H36ClN4Os+5. The van der Waals surface area contributed by atoms with Gasteiger partial charge in [0.15, 0.2) is 0 Å². The Morgan fingerprint density at radius 1 is 0.452 bits per heavy atom. The summed E-state index contributed by atoms with van der Waals surface area (Å²) < 4.78 is 0. The molecule has 0 amide bonds. The van der Waals surface area contributed by atoms with E-state index in [9.17, 15) is 0 Å². The van der Waals surface area contributed by atoms with E-state index in [1.807, 2.05) is 60.9 Å². The summed E-state index contributed by atoms with van der Waals surface area (Å²) in [5, 5.41) is 2.30. The molecule has 6 aromatic rings. The van der Waals surface area contributed by atoms with Crippen LogP contribution in [0.4, 0.5) is 0 Å². The molecule has 0 radical (unpaired) electrons. The smallest absolute Gasteiger partial charge is 1.00 e. The third-order valence-electron chi connectivity index (χ3n) is 6.97. The van der Waals surface area contributed by atoms with Crippen molar-refractivity contribution in [3.8, 4) is 22.8 Å². The van der Waals surface area contributed by atoms with Gasteiger partial charge in [-0.2, -0.15) is 0 Å². The summed E-state index contributed by atoms with van der Waals surface area (Å²) in [4.78, 5) is 18.3. The minimum absolute atomic E-state index is 0.